The molecule has 0 aromatic heterocycles. The van der Waals surface area contributed by atoms with Gasteiger partial charge in [0.1, 0.15) is 29.7 Å². The number of nitrogens with one attached hydrogen (secondary N) is 3. The number of hydrogen-bond acceptors (Lipinski definition) is 18. The van der Waals surface area contributed by atoms with E-state index >= 15 is 0 Å². The van der Waals surface area contributed by atoms with Gasteiger partial charge in [-0.3, -0.25) is 47.9 Å². The third kappa shape index (κ3) is 19.4. The van der Waals surface area contributed by atoms with Crippen molar-refractivity contribution in [2.45, 2.75) is 102 Å². The molecule has 0 radical (unpaired) electrons. The lowest BCUT2D eigenvalue weighted by Gasteiger charge is -2.44. The summed E-state index contributed by atoms with van der Waals surface area (Å²) in [6, 6.07) is -1.25. The molecule has 1 aromatic rings. The highest BCUT2D eigenvalue weighted by Gasteiger charge is 2.51. The van der Waals surface area contributed by atoms with Crippen LogP contribution in [0.15, 0.2) is 0 Å². The topological polar surface area (TPSA) is 316 Å². The maximum absolute atomic E-state index is 14.0. The van der Waals surface area contributed by atoms with Gasteiger partial charge < -0.3 is 60.0 Å². The molecule has 370 valence electrons. The number of ether oxygens (including phenoxy) is 8. The fourth-order valence-corrected chi connectivity index (χ4v) is 6.62. The first-order valence-electron chi connectivity index (χ1n) is 19.6. The van der Waals surface area contributed by atoms with Gasteiger partial charge in [0, 0.05) is 53.4 Å². The summed E-state index contributed by atoms with van der Waals surface area (Å²) in [6.45, 7) is 1.54. The Kier molecular flexibility index (Phi) is 23.7. The predicted molar refractivity (Wildman–Crippen MR) is 211 cm³/mol. The number of amides is 5. The number of carbonyl (C=O) groups excluding carboxylic acids is 9. The molecule has 5 atom stereocenters. The lowest BCUT2D eigenvalue weighted by atomic mass is 9.97. The molecular formula is C38H50F5N5O17S. The molecule has 7 N–H and O–H groups in total. The van der Waals surface area contributed by atoms with Gasteiger partial charge in [0.15, 0.2) is 12.2 Å². The normalized spacial score (nSPS) is 18.0. The molecule has 2 rings (SSSR count). The second kappa shape index (κ2) is 27.7. The lowest BCUT2D eigenvalue weighted by molar-refractivity contribution is -0.211. The number of primary amides is 2. The van der Waals surface area contributed by atoms with E-state index in [1.807, 2.05) is 0 Å². The van der Waals surface area contributed by atoms with Crippen LogP contribution < -0.4 is 31.6 Å². The molecular weight excluding hydrogens is 925 g/mol. The minimum atomic E-state index is -2.47. The Morgan fingerprint density at radius 2 is 1.15 bits per heavy atom. The highest BCUT2D eigenvalue weighted by atomic mass is 32.2. The smallest absolute Gasteiger partial charge is 0.311 e. The fraction of sp³-hybridized carbons (Fsp3) is 0.605. The van der Waals surface area contributed by atoms with Crippen LogP contribution in [0.4, 0.5) is 22.0 Å². The van der Waals surface area contributed by atoms with E-state index < -0.39 is 176 Å². The Morgan fingerprint density at radius 1 is 0.652 bits per heavy atom. The second-order valence-electron chi connectivity index (χ2n) is 14.3. The van der Waals surface area contributed by atoms with Gasteiger partial charge in [-0.2, -0.15) is 8.78 Å². The molecule has 1 saturated heterocycles. The Balaban J connectivity index is 2.21. The van der Waals surface area contributed by atoms with Gasteiger partial charge in [0.2, 0.25) is 64.4 Å². The molecule has 1 fully saturated rings. The van der Waals surface area contributed by atoms with E-state index in [9.17, 15) is 65.1 Å². The molecule has 0 aliphatic carbocycles. The molecule has 22 nitrogen and oxygen atoms in total. The molecule has 28 heteroatoms. The number of carbonyl (C=O) groups is 9. The molecule has 0 spiro atoms. The molecule has 5 unspecified atom stereocenters. The highest BCUT2D eigenvalue weighted by Crippen LogP contribution is 2.32. The fourth-order valence-electron chi connectivity index (χ4n) is 5.70. The van der Waals surface area contributed by atoms with Crippen LogP contribution in [-0.4, -0.2) is 135 Å². The van der Waals surface area contributed by atoms with Gasteiger partial charge in [-0.1, -0.05) is 0 Å². The van der Waals surface area contributed by atoms with Gasteiger partial charge in [0.25, 0.3) is 0 Å². The summed E-state index contributed by atoms with van der Waals surface area (Å²) in [4.78, 5) is 109. The van der Waals surface area contributed by atoms with Crippen LogP contribution in [0.1, 0.15) is 66.2 Å². The molecule has 5 amide bonds. The van der Waals surface area contributed by atoms with E-state index in [2.05, 4.69) is 20.1 Å². The van der Waals surface area contributed by atoms with Crippen LogP contribution in [0.2, 0.25) is 0 Å². The zero-order valence-corrected chi connectivity index (χ0v) is 36.8. The predicted octanol–water partition coefficient (Wildman–Crippen LogP) is -0.0760. The largest absolute Gasteiger partial charge is 0.463 e. The Morgan fingerprint density at radius 3 is 1.64 bits per heavy atom. The first kappa shape index (κ1) is 56.4. The summed E-state index contributed by atoms with van der Waals surface area (Å²) in [5.41, 5.74) is 7.45. The number of hydrogen-bond donors (Lipinski definition) is 5. The standard InChI is InChI=1S/C38H50F5N5O17S/c1-18(49)46-33-36(63-21(4)52)34(62-20(3)51)22(14-61-19(2)50)64-37(33)66-48-26(56)10-13-60-17-38(15-58-11-8-23(44)53,16-59-12-9-24(45)54)47-25(55)6-5-7-27(57)65-35-31(42)29(40)28(39)30(41)32(35)43/h22,33-34,36-37H,5-17H2,1-4H3,(H2,44,53)(H2,45,54)(H,46,49)(H,47,55)(H,48,56). The van der Waals surface area contributed by atoms with Gasteiger partial charge in [0.05, 0.1) is 46.1 Å². The van der Waals surface area contributed by atoms with Crippen molar-refractivity contribution in [2.24, 2.45) is 11.5 Å². The highest BCUT2D eigenvalue weighted by molar-refractivity contribution is 7.98. The molecule has 1 aromatic carbocycles. The average Bonchev–Trinajstić information content (AvgIpc) is 3.22. The number of halogens is 5. The summed E-state index contributed by atoms with van der Waals surface area (Å²) < 4.78 is 114. The molecule has 0 saturated carbocycles. The van der Waals surface area contributed by atoms with E-state index in [1.54, 1.807) is 0 Å². The quantitative estimate of drug-likeness (QED) is 0.0107. The van der Waals surface area contributed by atoms with Gasteiger partial charge in [-0.25, -0.2) is 13.2 Å². The number of benzene rings is 1. The zero-order valence-electron chi connectivity index (χ0n) is 36.0. The van der Waals surface area contributed by atoms with Crippen molar-refractivity contribution in [3.8, 4) is 5.75 Å². The lowest BCUT2D eigenvalue weighted by Crippen LogP contribution is -2.65. The molecule has 1 heterocycles. The SMILES string of the molecule is CC(=O)NC1C(SNC(=O)CCOCC(COCCC(N)=O)(COCCC(N)=O)NC(=O)CCCC(=O)Oc2c(F)c(F)c(F)c(F)c2F)OC(COC(C)=O)C(OC(C)=O)C1OC(C)=O. The van der Waals surface area contributed by atoms with Crippen LogP contribution in [0.3, 0.4) is 0 Å². The average molecular weight is 976 g/mol. The summed E-state index contributed by atoms with van der Waals surface area (Å²) in [5.74, 6) is -21.3. The minimum absolute atomic E-state index is 0.262. The van der Waals surface area contributed by atoms with E-state index in [1.165, 1.54) is 0 Å². The van der Waals surface area contributed by atoms with Crippen molar-refractivity contribution < 1.29 is 103 Å². The van der Waals surface area contributed by atoms with Crippen molar-refractivity contribution in [3.05, 3.63) is 29.1 Å². The summed E-state index contributed by atoms with van der Waals surface area (Å²) in [7, 11) is 0. The third-order valence-corrected chi connectivity index (χ3v) is 9.51. The van der Waals surface area contributed by atoms with Crippen molar-refractivity contribution in [1.29, 1.82) is 0 Å². The van der Waals surface area contributed by atoms with Crippen LogP contribution in [0, 0.1) is 29.1 Å². The van der Waals surface area contributed by atoms with E-state index in [0.29, 0.717) is 11.9 Å². The molecule has 0 bridgehead atoms. The van der Waals surface area contributed by atoms with Gasteiger partial charge in [-0.15, -0.1) is 0 Å². The maximum Gasteiger partial charge on any atom is 0.311 e. The Labute approximate surface area is 377 Å². The van der Waals surface area contributed by atoms with E-state index in [0.717, 1.165) is 27.7 Å². The number of rotatable bonds is 28. The zero-order chi connectivity index (χ0) is 49.7. The summed E-state index contributed by atoms with van der Waals surface area (Å²) >= 11 is 0.607. The molecule has 66 heavy (non-hydrogen) atoms. The summed E-state index contributed by atoms with van der Waals surface area (Å²) in [5, 5.41) is 5.13. The van der Waals surface area contributed by atoms with Crippen molar-refractivity contribution >= 4 is 65.4 Å². The second-order valence-corrected chi connectivity index (χ2v) is 15.2. The van der Waals surface area contributed by atoms with Crippen molar-refractivity contribution in [1.82, 2.24) is 15.4 Å². The summed E-state index contributed by atoms with van der Waals surface area (Å²) in [6.07, 6.45) is -6.65. The van der Waals surface area contributed by atoms with Crippen LogP contribution in [-0.2, 0) is 76.3 Å². The first-order chi connectivity index (χ1) is 31.0. The Bertz CT molecular complexity index is 1880. The van der Waals surface area contributed by atoms with Crippen LogP contribution >= 0.6 is 11.9 Å². The first-order valence-corrected chi connectivity index (χ1v) is 20.5. The Hall–Kier alpha value is -5.71. The van der Waals surface area contributed by atoms with Crippen molar-refractivity contribution in [3.63, 3.8) is 0 Å². The van der Waals surface area contributed by atoms with Crippen LogP contribution in [0.25, 0.3) is 0 Å². The number of nitrogens with two attached hydrogens (primary N) is 2. The van der Waals surface area contributed by atoms with Gasteiger partial charge in [-0.05, 0) is 18.4 Å². The van der Waals surface area contributed by atoms with Crippen LogP contribution in [0.5, 0.6) is 5.75 Å². The number of esters is 4. The monoisotopic (exact) mass is 975 g/mol. The van der Waals surface area contributed by atoms with Gasteiger partial charge >= 0.3 is 23.9 Å². The minimum Gasteiger partial charge on any atom is -0.463 e. The van der Waals surface area contributed by atoms with Crippen molar-refractivity contribution in [2.75, 3.05) is 46.2 Å². The van der Waals surface area contributed by atoms with E-state index in [4.69, 9.17) is 44.6 Å². The van der Waals surface area contributed by atoms with E-state index in [-0.39, 0.29) is 32.7 Å². The molecule has 1 aliphatic heterocycles. The molecule has 1 aliphatic rings. The third-order valence-electron chi connectivity index (χ3n) is 8.53. The maximum atomic E-state index is 14.0.